The average molecular weight is 296 g/mol. The summed E-state index contributed by atoms with van der Waals surface area (Å²) in [6, 6.07) is 12.5. The quantitative estimate of drug-likeness (QED) is 0.693. The van der Waals surface area contributed by atoms with Crippen LogP contribution in [0.2, 0.25) is 0 Å². The van der Waals surface area contributed by atoms with Crippen LogP contribution in [0.5, 0.6) is 0 Å². The van der Waals surface area contributed by atoms with Gasteiger partial charge in [-0.05, 0) is 43.0 Å². The summed E-state index contributed by atoms with van der Waals surface area (Å²) in [6.07, 6.45) is 4.74. The smallest absolute Gasteiger partial charge is 0.123 e. The summed E-state index contributed by atoms with van der Waals surface area (Å²) < 4.78 is 5.42. The molecule has 2 heterocycles. The molecule has 0 saturated carbocycles. The molecule has 0 aliphatic heterocycles. The summed E-state index contributed by atoms with van der Waals surface area (Å²) >= 11 is 0. The van der Waals surface area contributed by atoms with E-state index >= 15 is 0 Å². The molecule has 2 aromatic heterocycles. The van der Waals surface area contributed by atoms with Crippen LogP contribution in [0.4, 0.5) is 0 Å². The van der Waals surface area contributed by atoms with Crippen molar-refractivity contribution in [1.29, 1.82) is 0 Å². The number of aryl methyl sites for hydroxylation is 1. The van der Waals surface area contributed by atoms with Crippen LogP contribution in [-0.2, 0) is 12.8 Å². The van der Waals surface area contributed by atoms with Crippen LogP contribution in [-0.4, -0.2) is 22.7 Å². The molecule has 0 fully saturated rings. The molecular formula is C18H20N2O2. The van der Waals surface area contributed by atoms with E-state index in [1.54, 1.807) is 6.26 Å². The van der Waals surface area contributed by atoms with Crippen LogP contribution in [0.1, 0.15) is 29.5 Å². The molecule has 2 unspecified atom stereocenters. The third kappa shape index (κ3) is 2.34. The van der Waals surface area contributed by atoms with Crippen LogP contribution in [0.3, 0.4) is 0 Å². The number of aliphatic hydroxyl groups excluding tert-OH is 1. The molecule has 1 aliphatic rings. The summed E-state index contributed by atoms with van der Waals surface area (Å²) in [4.78, 5) is 3.54. The third-order valence-electron chi connectivity index (χ3n) is 4.60. The molecule has 114 valence electrons. The molecule has 1 aliphatic carbocycles. The molecule has 0 spiro atoms. The first-order valence-corrected chi connectivity index (χ1v) is 7.84. The van der Waals surface area contributed by atoms with Crippen molar-refractivity contribution in [3.05, 3.63) is 59.7 Å². The molecule has 1 aromatic carbocycles. The summed E-state index contributed by atoms with van der Waals surface area (Å²) in [6.45, 7) is 0.0464. The minimum Gasteiger partial charge on any atom is -0.468 e. The van der Waals surface area contributed by atoms with Crippen molar-refractivity contribution in [2.75, 3.05) is 6.61 Å². The Balaban J connectivity index is 1.56. The van der Waals surface area contributed by atoms with Crippen molar-refractivity contribution in [2.24, 2.45) is 0 Å². The second-order valence-corrected chi connectivity index (χ2v) is 5.98. The Morgan fingerprint density at radius 3 is 3.00 bits per heavy atom. The molecule has 0 bridgehead atoms. The van der Waals surface area contributed by atoms with E-state index < -0.39 is 0 Å². The normalized spacial score (nSPS) is 19.2. The number of fused-ring (bicyclic) bond motifs is 3. The lowest BCUT2D eigenvalue weighted by atomic mass is 9.91. The zero-order valence-electron chi connectivity index (χ0n) is 12.4. The monoisotopic (exact) mass is 296 g/mol. The molecule has 0 radical (unpaired) electrons. The van der Waals surface area contributed by atoms with Crippen molar-refractivity contribution in [2.45, 2.75) is 31.3 Å². The molecule has 4 heteroatoms. The maximum Gasteiger partial charge on any atom is 0.123 e. The predicted octanol–water partition coefficient (Wildman–Crippen LogP) is 2.94. The van der Waals surface area contributed by atoms with E-state index in [-0.39, 0.29) is 12.6 Å². The van der Waals surface area contributed by atoms with Crippen LogP contribution < -0.4 is 5.32 Å². The Hall–Kier alpha value is -2.04. The van der Waals surface area contributed by atoms with Gasteiger partial charge in [0.25, 0.3) is 0 Å². The van der Waals surface area contributed by atoms with Gasteiger partial charge < -0.3 is 19.8 Å². The van der Waals surface area contributed by atoms with Gasteiger partial charge in [0, 0.05) is 22.6 Å². The number of hydrogen-bond donors (Lipinski definition) is 3. The standard InChI is InChI=1S/C18H20N2O2/c21-11-17(18-6-3-9-22-18)19-12-7-8-16-14(10-12)13-4-1-2-5-15(13)20-16/h1-6,9,12,17,19-21H,7-8,10-11H2. The van der Waals surface area contributed by atoms with Crippen molar-refractivity contribution in [1.82, 2.24) is 10.3 Å². The fourth-order valence-electron chi connectivity index (χ4n) is 3.51. The second-order valence-electron chi connectivity index (χ2n) is 5.98. The minimum absolute atomic E-state index is 0.0464. The Kier molecular flexibility index (Phi) is 3.48. The molecule has 4 rings (SSSR count). The fraction of sp³-hybridized carbons (Fsp3) is 0.333. The number of benzene rings is 1. The number of aliphatic hydroxyl groups is 1. The van der Waals surface area contributed by atoms with Gasteiger partial charge in [-0.15, -0.1) is 0 Å². The summed E-state index contributed by atoms with van der Waals surface area (Å²) in [7, 11) is 0. The molecular weight excluding hydrogens is 276 g/mol. The van der Waals surface area contributed by atoms with E-state index in [1.807, 2.05) is 12.1 Å². The zero-order chi connectivity index (χ0) is 14.9. The van der Waals surface area contributed by atoms with E-state index in [0.717, 1.165) is 25.0 Å². The van der Waals surface area contributed by atoms with Crippen molar-refractivity contribution >= 4 is 10.9 Å². The van der Waals surface area contributed by atoms with Gasteiger partial charge in [0.05, 0.1) is 18.9 Å². The van der Waals surface area contributed by atoms with E-state index in [2.05, 4.69) is 34.6 Å². The van der Waals surface area contributed by atoms with E-state index in [1.165, 1.54) is 22.2 Å². The van der Waals surface area contributed by atoms with Crippen LogP contribution in [0.15, 0.2) is 47.1 Å². The summed E-state index contributed by atoms with van der Waals surface area (Å²) in [5.74, 6) is 0.798. The predicted molar refractivity (Wildman–Crippen MR) is 85.8 cm³/mol. The molecule has 0 amide bonds. The molecule has 3 N–H and O–H groups in total. The van der Waals surface area contributed by atoms with Crippen molar-refractivity contribution in [3.63, 3.8) is 0 Å². The SMILES string of the molecule is OCC(NC1CCc2[nH]c3ccccc3c2C1)c1ccco1. The summed E-state index contributed by atoms with van der Waals surface area (Å²) in [5, 5.41) is 14.5. The Morgan fingerprint density at radius 2 is 2.18 bits per heavy atom. The second kappa shape index (κ2) is 5.63. The zero-order valence-corrected chi connectivity index (χ0v) is 12.4. The minimum atomic E-state index is -0.133. The maximum atomic E-state index is 9.63. The van der Waals surface area contributed by atoms with E-state index in [9.17, 15) is 5.11 Å². The highest BCUT2D eigenvalue weighted by Gasteiger charge is 2.25. The van der Waals surface area contributed by atoms with Gasteiger partial charge in [0.2, 0.25) is 0 Å². The van der Waals surface area contributed by atoms with Gasteiger partial charge in [-0.2, -0.15) is 0 Å². The van der Waals surface area contributed by atoms with E-state index in [4.69, 9.17) is 4.42 Å². The highest BCUT2D eigenvalue weighted by atomic mass is 16.3. The Labute approximate surface area is 129 Å². The van der Waals surface area contributed by atoms with Crippen LogP contribution in [0.25, 0.3) is 10.9 Å². The van der Waals surface area contributed by atoms with Gasteiger partial charge in [0.15, 0.2) is 0 Å². The first-order valence-electron chi connectivity index (χ1n) is 7.84. The Morgan fingerprint density at radius 1 is 1.27 bits per heavy atom. The number of nitrogens with one attached hydrogen (secondary N) is 2. The molecule has 4 nitrogen and oxygen atoms in total. The van der Waals surface area contributed by atoms with Crippen molar-refractivity contribution < 1.29 is 9.52 Å². The molecule has 22 heavy (non-hydrogen) atoms. The number of H-pyrrole nitrogens is 1. The largest absolute Gasteiger partial charge is 0.468 e. The molecule has 2 atom stereocenters. The van der Waals surface area contributed by atoms with Crippen LogP contribution >= 0.6 is 0 Å². The topological polar surface area (TPSA) is 61.2 Å². The van der Waals surface area contributed by atoms with Gasteiger partial charge in [-0.1, -0.05) is 18.2 Å². The average Bonchev–Trinajstić information content (AvgIpc) is 3.20. The lowest BCUT2D eigenvalue weighted by Crippen LogP contribution is -2.38. The summed E-state index contributed by atoms with van der Waals surface area (Å²) in [5.41, 5.74) is 3.99. The first kappa shape index (κ1) is 13.6. The van der Waals surface area contributed by atoms with Gasteiger partial charge in [-0.25, -0.2) is 0 Å². The number of para-hydroxylation sites is 1. The fourth-order valence-corrected chi connectivity index (χ4v) is 3.51. The highest BCUT2D eigenvalue weighted by molar-refractivity contribution is 5.84. The lowest BCUT2D eigenvalue weighted by Gasteiger charge is -2.27. The number of aromatic nitrogens is 1. The van der Waals surface area contributed by atoms with Gasteiger partial charge >= 0.3 is 0 Å². The molecule has 0 saturated heterocycles. The van der Waals surface area contributed by atoms with Crippen LogP contribution in [0, 0.1) is 0 Å². The highest BCUT2D eigenvalue weighted by Crippen LogP contribution is 2.30. The number of furan rings is 1. The van der Waals surface area contributed by atoms with Crippen molar-refractivity contribution in [3.8, 4) is 0 Å². The maximum absolute atomic E-state index is 9.63. The van der Waals surface area contributed by atoms with Gasteiger partial charge in [0.1, 0.15) is 5.76 Å². The number of rotatable bonds is 4. The Bertz CT molecular complexity index is 761. The molecule has 3 aromatic rings. The van der Waals surface area contributed by atoms with E-state index in [0.29, 0.717) is 6.04 Å². The first-order chi connectivity index (χ1) is 10.8. The third-order valence-corrected chi connectivity index (χ3v) is 4.60. The number of aromatic amines is 1. The number of hydrogen-bond acceptors (Lipinski definition) is 3. The lowest BCUT2D eigenvalue weighted by molar-refractivity contribution is 0.210. The van der Waals surface area contributed by atoms with Gasteiger partial charge in [-0.3, -0.25) is 0 Å².